The van der Waals surface area contributed by atoms with Crippen LogP contribution in [0.4, 0.5) is 0 Å². The van der Waals surface area contributed by atoms with Gasteiger partial charge in [0.2, 0.25) is 0 Å². The summed E-state index contributed by atoms with van der Waals surface area (Å²) < 4.78 is 1.90. The molecule has 1 fully saturated rings. The first-order valence-corrected chi connectivity index (χ1v) is 6.45. The van der Waals surface area contributed by atoms with E-state index in [-0.39, 0.29) is 6.04 Å². The second-order valence-corrected chi connectivity index (χ2v) is 4.86. The number of hydrogen-bond donors (Lipinski definition) is 2. The number of nitrogens with one attached hydrogen (secondary N) is 1. The van der Waals surface area contributed by atoms with Crippen molar-refractivity contribution in [3.05, 3.63) is 48.3 Å². The summed E-state index contributed by atoms with van der Waals surface area (Å²) in [6.07, 6.45) is 5.79. The molecule has 1 unspecified atom stereocenters. The van der Waals surface area contributed by atoms with Gasteiger partial charge in [-0.1, -0.05) is 24.6 Å². The van der Waals surface area contributed by atoms with Crippen molar-refractivity contribution in [3.8, 4) is 5.69 Å². The van der Waals surface area contributed by atoms with E-state index >= 15 is 0 Å². The fourth-order valence-electron chi connectivity index (χ4n) is 2.46. The summed E-state index contributed by atoms with van der Waals surface area (Å²) in [5.74, 6) is 6.30. The molecule has 1 aliphatic rings. The molecule has 94 valence electrons. The fourth-order valence-corrected chi connectivity index (χ4v) is 2.46. The summed E-state index contributed by atoms with van der Waals surface area (Å²) in [6, 6.07) is 12.4. The lowest BCUT2D eigenvalue weighted by Gasteiger charge is -2.32. The molecular weight excluding hydrogens is 224 g/mol. The van der Waals surface area contributed by atoms with Gasteiger partial charge in [0.1, 0.15) is 0 Å². The number of hydrazine groups is 1. The van der Waals surface area contributed by atoms with E-state index in [0.29, 0.717) is 5.92 Å². The molecule has 3 N–H and O–H groups in total. The van der Waals surface area contributed by atoms with Crippen LogP contribution < -0.4 is 11.3 Å². The molecule has 3 rings (SSSR count). The van der Waals surface area contributed by atoms with Crippen molar-refractivity contribution in [2.24, 2.45) is 11.8 Å². The van der Waals surface area contributed by atoms with Crippen LogP contribution in [0.2, 0.25) is 0 Å². The smallest absolute Gasteiger partial charge is 0.0814 e. The van der Waals surface area contributed by atoms with Crippen LogP contribution in [0.25, 0.3) is 5.69 Å². The van der Waals surface area contributed by atoms with Crippen molar-refractivity contribution < 1.29 is 0 Å². The molecule has 18 heavy (non-hydrogen) atoms. The van der Waals surface area contributed by atoms with E-state index in [0.717, 1.165) is 11.4 Å². The highest BCUT2D eigenvalue weighted by Gasteiger charge is 2.29. The Morgan fingerprint density at radius 3 is 2.61 bits per heavy atom. The Bertz CT molecular complexity index is 502. The lowest BCUT2D eigenvalue weighted by Crippen LogP contribution is -2.36. The number of aromatic nitrogens is 2. The number of rotatable bonds is 4. The zero-order valence-electron chi connectivity index (χ0n) is 10.3. The maximum atomic E-state index is 5.66. The van der Waals surface area contributed by atoms with E-state index in [1.54, 1.807) is 0 Å². The molecule has 1 aromatic heterocycles. The van der Waals surface area contributed by atoms with E-state index < -0.39 is 0 Å². The van der Waals surface area contributed by atoms with Crippen molar-refractivity contribution in [3.63, 3.8) is 0 Å². The van der Waals surface area contributed by atoms with Gasteiger partial charge in [0, 0.05) is 6.20 Å². The van der Waals surface area contributed by atoms with Crippen molar-refractivity contribution in [1.82, 2.24) is 15.2 Å². The largest absolute Gasteiger partial charge is 0.271 e. The minimum atomic E-state index is 0.184. The Hall–Kier alpha value is -1.65. The van der Waals surface area contributed by atoms with Gasteiger partial charge < -0.3 is 0 Å². The van der Waals surface area contributed by atoms with Crippen LogP contribution in [0, 0.1) is 5.92 Å². The highest BCUT2D eigenvalue weighted by Crippen LogP contribution is 2.36. The lowest BCUT2D eigenvalue weighted by molar-refractivity contribution is 0.228. The summed E-state index contributed by atoms with van der Waals surface area (Å²) in [7, 11) is 0. The zero-order chi connectivity index (χ0) is 12.4. The molecule has 0 saturated heterocycles. The zero-order valence-corrected chi connectivity index (χ0v) is 10.3. The van der Waals surface area contributed by atoms with Crippen LogP contribution in [0.5, 0.6) is 0 Å². The van der Waals surface area contributed by atoms with Gasteiger partial charge in [-0.05, 0) is 37.0 Å². The highest BCUT2D eigenvalue weighted by atomic mass is 15.3. The highest BCUT2D eigenvalue weighted by molar-refractivity contribution is 5.30. The third-order valence-electron chi connectivity index (χ3n) is 3.75. The minimum absolute atomic E-state index is 0.184. The van der Waals surface area contributed by atoms with Crippen LogP contribution in [0.15, 0.2) is 42.6 Å². The van der Waals surface area contributed by atoms with E-state index in [9.17, 15) is 0 Å². The molecule has 4 heteroatoms. The number of benzene rings is 1. The quantitative estimate of drug-likeness (QED) is 0.638. The van der Waals surface area contributed by atoms with Crippen molar-refractivity contribution in [1.29, 1.82) is 0 Å². The van der Waals surface area contributed by atoms with Gasteiger partial charge in [-0.15, -0.1) is 0 Å². The van der Waals surface area contributed by atoms with E-state index in [1.807, 2.05) is 41.2 Å². The average Bonchev–Trinajstić information content (AvgIpc) is 2.84. The molecule has 0 aliphatic heterocycles. The van der Waals surface area contributed by atoms with Gasteiger partial charge >= 0.3 is 0 Å². The molecule has 0 bridgehead atoms. The van der Waals surface area contributed by atoms with E-state index in [2.05, 4.69) is 16.6 Å². The predicted octanol–water partition coefficient (Wildman–Crippen LogP) is 2.18. The van der Waals surface area contributed by atoms with Crippen molar-refractivity contribution in [2.45, 2.75) is 25.3 Å². The van der Waals surface area contributed by atoms with Gasteiger partial charge in [0.25, 0.3) is 0 Å². The Balaban J connectivity index is 1.84. The lowest BCUT2D eigenvalue weighted by atomic mass is 9.79. The predicted molar refractivity (Wildman–Crippen MR) is 71.0 cm³/mol. The second kappa shape index (κ2) is 4.92. The molecule has 4 nitrogen and oxygen atoms in total. The standard InChI is InChI=1S/C14H18N4/c15-16-14(11-5-4-6-11)13-9-10-18(17-13)12-7-2-1-3-8-12/h1-3,7-11,14,16H,4-6,15H2. The molecule has 1 aliphatic carbocycles. The van der Waals surface area contributed by atoms with Gasteiger partial charge in [-0.2, -0.15) is 5.10 Å². The average molecular weight is 242 g/mol. The van der Waals surface area contributed by atoms with E-state index in [1.165, 1.54) is 19.3 Å². The van der Waals surface area contributed by atoms with Gasteiger partial charge in [0.15, 0.2) is 0 Å². The van der Waals surface area contributed by atoms with Crippen LogP contribution in [0.1, 0.15) is 31.0 Å². The summed E-state index contributed by atoms with van der Waals surface area (Å²) >= 11 is 0. The molecule has 2 aromatic rings. The number of hydrogen-bond acceptors (Lipinski definition) is 3. The maximum Gasteiger partial charge on any atom is 0.0814 e. The molecule has 0 amide bonds. The Morgan fingerprint density at radius 2 is 2.00 bits per heavy atom. The summed E-state index contributed by atoms with van der Waals surface area (Å²) in [4.78, 5) is 0. The summed E-state index contributed by atoms with van der Waals surface area (Å²) in [6.45, 7) is 0. The molecule has 1 atom stereocenters. The second-order valence-electron chi connectivity index (χ2n) is 4.86. The van der Waals surface area contributed by atoms with Crippen LogP contribution >= 0.6 is 0 Å². The first kappa shape index (κ1) is 11.4. The minimum Gasteiger partial charge on any atom is -0.271 e. The molecule has 1 saturated carbocycles. The van der Waals surface area contributed by atoms with Gasteiger partial charge in [-0.25, -0.2) is 4.68 Å². The topological polar surface area (TPSA) is 55.9 Å². The van der Waals surface area contributed by atoms with Crippen molar-refractivity contribution in [2.75, 3.05) is 0 Å². The SMILES string of the molecule is NNC(c1ccn(-c2ccccc2)n1)C1CCC1. The first-order valence-electron chi connectivity index (χ1n) is 6.45. The first-order chi connectivity index (χ1) is 8.88. The maximum absolute atomic E-state index is 5.66. The molecule has 0 spiro atoms. The summed E-state index contributed by atoms with van der Waals surface area (Å²) in [5.41, 5.74) is 5.02. The third-order valence-corrected chi connectivity index (χ3v) is 3.75. The normalized spacial score (nSPS) is 17.4. The fraction of sp³-hybridized carbons (Fsp3) is 0.357. The number of nitrogens with two attached hydrogens (primary N) is 1. The Kier molecular flexibility index (Phi) is 3.13. The number of para-hydroxylation sites is 1. The van der Waals surface area contributed by atoms with Crippen LogP contribution in [0.3, 0.4) is 0 Å². The monoisotopic (exact) mass is 242 g/mol. The molecule has 1 aromatic carbocycles. The van der Waals surface area contributed by atoms with Gasteiger partial charge in [-0.3, -0.25) is 11.3 Å². The van der Waals surface area contributed by atoms with Crippen LogP contribution in [-0.4, -0.2) is 9.78 Å². The molecule has 1 heterocycles. The molecular formula is C14H18N4. The molecule has 0 radical (unpaired) electrons. The number of nitrogens with zero attached hydrogens (tertiary/aromatic N) is 2. The summed E-state index contributed by atoms with van der Waals surface area (Å²) in [5, 5.41) is 4.63. The van der Waals surface area contributed by atoms with Crippen molar-refractivity contribution >= 4 is 0 Å². The Labute approximate surface area is 107 Å². The third kappa shape index (κ3) is 2.05. The van der Waals surface area contributed by atoms with Gasteiger partial charge in [0.05, 0.1) is 17.4 Å². The Morgan fingerprint density at radius 1 is 1.22 bits per heavy atom. The van der Waals surface area contributed by atoms with Crippen LogP contribution in [-0.2, 0) is 0 Å². The van der Waals surface area contributed by atoms with E-state index in [4.69, 9.17) is 5.84 Å².